The number of nitrogens with zero attached hydrogens (tertiary/aromatic N) is 2. The van der Waals surface area contributed by atoms with Crippen molar-refractivity contribution in [3.05, 3.63) is 58.9 Å². The summed E-state index contributed by atoms with van der Waals surface area (Å²) < 4.78 is 7.13. The smallest absolute Gasteiger partial charge is 0.244 e. The van der Waals surface area contributed by atoms with Gasteiger partial charge in [0.2, 0.25) is 5.91 Å². The summed E-state index contributed by atoms with van der Waals surface area (Å²) in [4.78, 5) is 23.7. The maximum absolute atomic E-state index is 12.4. The number of anilines is 1. The minimum atomic E-state index is -0.252. The Labute approximate surface area is 161 Å². The third-order valence-electron chi connectivity index (χ3n) is 3.98. The molecule has 138 valence electrons. The summed E-state index contributed by atoms with van der Waals surface area (Å²) in [6.45, 7) is 1.50. The molecule has 1 aromatic heterocycles. The Morgan fingerprint density at radius 1 is 1.15 bits per heavy atom. The highest BCUT2D eigenvalue weighted by molar-refractivity contribution is 7.71. The maximum atomic E-state index is 12.4. The molecule has 0 aliphatic rings. The number of benzene rings is 2. The van der Waals surface area contributed by atoms with E-state index in [9.17, 15) is 9.59 Å². The lowest BCUT2D eigenvalue weighted by Gasteiger charge is -2.09. The predicted octanol–water partition coefficient (Wildman–Crippen LogP) is 3.46. The minimum absolute atomic E-state index is 0.00511. The molecule has 3 rings (SSSR count). The van der Waals surface area contributed by atoms with Gasteiger partial charge in [-0.2, -0.15) is 5.10 Å². The van der Waals surface area contributed by atoms with Crippen LogP contribution >= 0.6 is 12.2 Å². The van der Waals surface area contributed by atoms with Crippen LogP contribution in [0.2, 0.25) is 0 Å². The van der Waals surface area contributed by atoms with Crippen molar-refractivity contribution in [2.45, 2.75) is 13.5 Å². The molecule has 0 unspecified atom stereocenters. The molecule has 0 fully saturated rings. The second kappa shape index (κ2) is 7.96. The first-order chi connectivity index (χ1) is 13.0. The van der Waals surface area contributed by atoms with Crippen LogP contribution in [-0.4, -0.2) is 33.6 Å². The van der Waals surface area contributed by atoms with E-state index in [0.717, 1.165) is 11.3 Å². The fraction of sp³-hybridized carbons (Fsp3) is 0.158. The zero-order valence-corrected chi connectivity index (χ0v) is 15.7. The van der Waals surface area contributed by atoms with Crippen LogP contribution in [0.3, 0.4) is 0 Å². The van der Waals surface area contributed by atoms with Crippen molar-refractivity contribution in [2.24, 2.45) is 0 Å². The molecule has 0 radical (unpaired) electrons. The SMILES string of the molecule is COc1ccc(-c2n[nH]c(=S)n2CC(=O)Nc2ccc(C(C)=O)cc2)cc1. The number of carbonyl (C=O) groups excluding carboxylic acids is 2. The Morgan fingerprint density at radius 3 is 2.41 bits per heavy atom. The van der Waals surface area contributed by atoms with Crippen molar-refractivity contribution in [3.8, 4) is 17.1 Å². The highest BCUT2D eigenvalue weighted by Gasteiger charge is 2.13. The van der Waals surface area contributed by atoms with E-state index in [4.69, 9.17) is 17.0 Å². The highest BCUT2D eigenvalue weighted by atomic mass is 32.1. The highest BCUT2D eigenvalue weighted by Crippen LogP contribution is 2.21. The third-order valence-corrected chi connectivity index (χ3v) is 4.30. The molecule has 7 nitrogen and oxygen atoms in total. The van der Waals surface area contributed by atoms with E-state index >= 15 is 0 Å². The number of amides is 1. The van der Waals surface area contributed by atoms with Gasteiger partial charge < -0.3 is 10.1 Å². The van der Waals surface area contributed by atoms with Gasteiger partial charge in [0.1, 0.15) is 12.3 Å². The lowest BCUT2D eigenvalue weighted by Crippen LogP contribution is -2.19. The van der Waals surface area contributed by atoms with Gasteiger partial charge in [-0.25, -0.2) is 0 Å². The molecular weight excluding hydrogens is 364 g/mol. The number of hydrogen-bond acceptors (Lipinski definition) is 5. The fourth-order valence-electron chi connectivity index (χ4n) is 2.56. The van der Waals surface area contributed by atoms with Gasteiger partial charge in [-0.1, -0.05) is 0 Å². The molecule has 0 aliphatic heterocycles. The normalized spacial score (nSPS) is 10.4. The molecule has 0 saturated heterocycles. The van der Waals surface area contributed by atoms with E-state index in [1.54, 1.807) is 35.9 Å². The van der Waals surface area contributed by atoms with Gasteiger partial charge in [0.25, 0.3) is 0 Å². The molecular formula is C19H18N4O3S. The molecule has 0 saturated carbocycles. The summed E-state index contributed by atoms with van der Waals surface area (Å²) in [6.07, 6.45) is 0. The number of aromatic amines is 1. The molecule has 0 atom stereocenters. The molecule has 1 heterocycles. The van der Waals surface area contributed by atoms with Crippen molar-refractivity contribution in [3.63, 3.8) is 0 Å². The molecule has 27 heavy (non-hydrogen) atoms. The number of carbonyl (C=O) groups is 2. The monoisotopic (exact) mass is 382 g/mol. The summed E-state index contributed by atoms with van der Waals surface area (Å²) in [5.41, 5.74) is 2.00. The first-order valence-corrected chi connectivity index (χ1v) is 8.59. The van der Waals surface area contributed by atoms with E-state index < -0.39 is 0 Å². The van der Waals surface area contributed by atoms with Gasteiger partial charge in [-0.05, 0) is 67.7 Å². The van der Waals surface area contributed by atoms with E-state index in [-0.39, 0.29) is 18.2 Å². The number of aromatic nitrogens is 3. The topological polar surface area (TPSA) is 89.0 Å². The molecule has 3 aromatic rings. The predicted molar refractivity (Wildman–Crippen MR) is 104 cm³/mol. The quantitative estimate of drug-likeness (QED) is 0.503. The van der Waals surface area contributed by atoms with Crippen molar-refractivity contribution in [1.29, 1.82) is 0 Å². The summed E-state index contributed by atoms with van der Waals surface area (Å²) in [5.74, 6) is 1.01. The Kier molecular flexibility index (Phi) is 5.46. The Balaban J connectivity index is 1.77. The average Bonchev–Trinajstić information content (AvgIpc) is 3.02. The van der Waals surface area contributed by atoms with Crippen molar-refractivity contribution >= 4 is 29.6 Å². The van der Waals surface area contributed by atoms with Crippen LogP contribution in [0.4, 0.5) is 5.69 Å². The number of Topliss-reactive ketones (excluding diaryl/α,β-unsaturated/α-hetero) is 1. The lowest BCUT2D eigenvalue weighted by atomic mass is 10.1. The summed E-state index contributed by atoms with van der Waals surface area (Å²) >= 11 is 5.25. The van der Waals surface area contributed by atoms with Crippen LogP contribution in [0.5, 0.6) is 5.75 Å². The summed E-state index contributed by atoms with van der Waals surface area (Å²) in [5, 5.41) is 9.73. The summed E-state index contributed by atoms with van der Waals surface area (Å²) in [6, 6.07) is 14.0. The van der Waals surface area contributed by atoms with Crippen LogP contribution in [0.15, 0.2) is 48.5 Å². The average molecular weight is 382 g/mol. The maximum Gasteiger partial charge on any atom is 0.244 e. The molecule has 2 aromatic carbocycles. The Hall–Kier alpha value is -3.26. The van der Waals surface area contributed by atoms with Gasteiger partial charge >= 0.3 is 0 Å². The van der Waals surface area contributed by atoms with E-state index in [2.05, 4.69) is 15.5 Å². The minimum Gasteiger partial charge on any atom is -0.497 e. The Bertz CT molecular complexity index is 1020. The Morgan fingerprint density at radius 2 is 1.81 bits per heavy atom. The molecule has 0 spiro atoms. The van der Waals surface area contributed by atoms with Gasteiger partial charge in [0.15, 0.2) is 16.4 Å². The number of methoxy groups -OCH3 is 1. The zero-order chi connectivity index (χ0) is 19.4. The van der Waals surface area contributed by atoms with Crippen molar-refractivity contribution in [1.82, 2.24) is 14.8 Å². The number of nitrogens with one attached hydrogen (secondary N) is 2. The van der Waals surface area contributed by atoms with E-state index in [0.29, 0.717) is 21.8 Å². The number of ketones is 1. The second-order valence-corrected chi connectivity index (χ2v) is 6.24. The van der Waals surface area contributed by atoms with Crippen molar-refractivity contribution < 1.29 is 14.3 Å². The fourth-order valence-corrected chi connectivity index (χ4v) is 2.75. The molecule has 2 N–H and O–H groups in total. The largest absolute Gasteiger partial charge is 0.497 e. The third kappa shape index (κ3) is 4.29. The first-order valence-electron chi connectivity index (χ1n) is 8.18. The molecule has 1 amide bonds. The number of H-pyrrole nitrogens is 1. The van der Waals surface area contributed by atoms with Gasteiger partial charge in [0, 0.05) is 16.8 Å². The molecule has 0 bridgehead atoms. The van der Waals surface area contributed by atoms with Gasteiger partial charge in [-0.15, -0.1) is 0 Å². The summed E-state index contributed by atoms with van der Waals surface area (Å²) in [7, 11) is 1.60. The van der Waals surface area contributed by atoms with Crippen LogP contribution < -0.4 is 10.1 Å². The number of hydrogen-bond donors (Lipinski definition) is 2. The van der Waals surface area contributed by atoms with Crippen molar-refractivity contribution in [2.75, 3.05) is 12.4 Å². The standard InChI is InChI=1S/C19H18N4O3S/c1-12(24)13-3-7-15(8-4-13)20-17(25)11-23-18(21-22-19(23)27)14-5-9-16(26-2)10-6-14/h3-10H,11H2,1-2H3,(H,20,25)(H,22,27). The first kappa shape index (κ1) is 18.5. The number of ether oxygens (including phenoxy) is 1. The van der Waals surface area contributed by atoms with Crippen LogP contribution in [0.1, 0.15) is 17.3 Å². The van der Waals surface area contributed by atoms with Crippen LogP contribution in [0, 0.1) is 4.77 Å². The van der Waals surface area contributed by atoms with E-state index in [1.807, 2.05) is 24.3 Å². The van der Waals surface area contributed by atoms with Gasteiger partial charge in [-0.3, -0.25) is 19.3 Å². The lowest BCUT2D eigenvalue weighted by molar-refractivity contribution is -0.116. The van der Waals surface area contributed by atoms with Crippen LogP contribution in [-0.2, 0) is 11.3 Å². The number of rotatable bonds is 6. The van der Waals surface area contributed by atoms with E-state index in [1.165, 1.54) is 6.92 Å². The zero-order valence-electron chi connectivity index (χ0n) is 14.9. The van der Waals surface area contributed by atoms with Gasteiger partial charge in [0.05, 0.1) is 7.11 Å². The van der Waals surface area contributed by atoms with Crippen LogP contribution in [0.25, 0.3) is 11.4 Å². The molecule has 0 aliphatic carbocycles. The second-order valence-electron chi connectivity index (χ2n) is 5.85. The molecule has 8 heteroatoms.